The van der Waals surface area contributed by atoms with Gasteiger partial charge in [-0.05, 0) is 30.9 Å². The van der Waals surface area contributed by atoms with Crippen molar-refractivity contribution in [2.24, 2.45) is 5.41 Å². The van der Waals surface area contributed by atoms with E-state index in [4.69, 9.17) is 6.42 Å². The van der Waals surface area contributed by atoms with Gasteiger partial charge >= 0.3 is 0 Å². The maximum Gasteiger partial charge on any atom is 0.223 e. The maximum atomic E-state index is 11.9. The zero-order valence-electron chi connectivity index (χ0n) is 16.4. The summed E-state index contributed by atoms with van der Waals surface area (Å²) >= 11 is 1.90. The van der Waals surface area contributed by atoms with Crippen LogP contribution in [0.2, 0.25) is 0 Å². The lowest BCUT2D eigenvalue weighted by Gasteiger charge is -2.38. The van der Waals surface area contributed by atoms with Crippen molar-refractivity contribution in [3.8, 4) is 12.3 Å². The third-order valence-corrected chi connectivity index (χ3v) is 6.37. The third kappa shape index (κ3) is 6.29. The first-order valence-corrected chi connectivity index (χ1v) is 9.60. The Morgan fingerprint density at radius 2 is 1.88 bits per heavy atom. The number of terminal acetylenes is 1. The molecule has 0 bridgehead atoms. The van der Waals surface area contributed by atoms with E-state index >= 15 is 0 Å². The average Bonchev–Trinajstić information content (AvgIpc) is 2.53. The zero-order valence-corrected chi connectivity index (χ0v) is 17.2. The molecule has 0 aliphatic heterocycles. The van der Waals surface area contributed by atoms with Crippen LogP contribution in [0.4, 0.5) is 0 Å². The van der Waals surface area contributed by atoms with Crippen molar-refractivity contribution in [1.29, 1.82) is 0 Å². The Bertz CT molecular complexity index is 647. The molecule has 0 N–H and O–H groups in total. The van der Waals surface area contributed by atoms with E-state index < -0.39 is 0 Å². The molecular weight excluding hydrogens is 326 g/mol. The second-order valence-corrected chi connectivity index (χ2v) is 9.30. The van der Waals surface area contributed by atoms with Gasteiger partial charge in [0.1, 0.15) is 0 Å². The number of carbonyl (C=O) groups excluding carboxylic acids is 1. The molecule has 0 atom stereocenters. The molecule has 0 aliphatic carbocycles. The van der Waals surface area contributed by atoms with Crippen LogP contribution in [0.25, 0.3) is 6.08 Å². The Kier molecular flexibility index (Phi) is 7.83. The maximum absolute atomic E-state index is 11.9. The van der Waals surface area contributed by atoms with E-state index in [1.807, 2.05) is 30.8 Å². The van der Waals surface area contributed by atoms with Gasteiger partial charge in [-0.2, -0.15) is 0 Å². The van der Waals surface area contributed by atoms with Crippen LogP contribution in [-0.2, 0) is 4.79 Å². The molecule has 136 valence electrons. The summed E-state index contributed by atoms with van der Waals surface area (Å²) in [7, 11) is 0. The lowest BCUT2D eigenvalue weighted by atomic mass is 9.83. The van der Waals surface area contributed by atoms with Gasteiger partial charge in [-0.3, -0.25) is 4.79 Å². The van der Waals surface area contributed by atoms with Crippen molar-refractivity contribution in [3.05, 3.63) is 35.9 Å². The van der Waals surface area contributed by atoms with Gasteiger partial charge in [0.2, 0.25) is 5.91 Å². The van der Waals surface area contributed by atoms with Crippen LogP contribution in [-0.4, -0.2) is 28.6 Å². The second-order valence-electron chi connectivity index (χ2n) is 7.63. The van der Waals surface area contributed by atoms with Crippen molar-refractivity contribution in [2.45, 2.75) is 57.6 Å². The number of hydrogen-bond acceptors (Lipinski definition) is 2. The molecule has 1 amide bonds. The van der Waals surface area contributed by atoms with Gasteiger partial charge in [-0.15, -0.1) is 18.2 Å². The van der Waals surface area contributed by atoms with Gasteiger partial charge in [0, 0.05) is 22.6 Å². The molecular formula is C22H31NOS. The van der Waals surface area contributed by atoms with Crippen LogP contribution in [0.1, 0.15) is 53.5 Å². The monoisotopic (exact) mass is 357 g/mol. The lowest BCUT2D eigenvalue weighted by Crippen LogP contribution is -2.33. The highest BCUT2D eigenvalue weighted by Gasteiger charge is 2.34. The largest absolute Gasteiger partial charge is 0.328 e. The molecule has 0 saturated heterocycles. The Morgan fingerprint density at radius 3 is 2.44 bits per heavy atom. The first-order chi connectivity index (χ1) is 11.6. The highest BCUT2D eigenvalue weighted by Crippen LogP contribution is 2.46. The van der Waals surface area contributed by atoms with E-state index in [0.717, 1.165) is 0 Å². The van der Waals surface area contributed by atoms with Gasteiger partial charge in [0.25, 0.3) is 0 Å². The molecule has 1 aromatic rings. The number of rotatable bonds is 7. The van der Waals surface area contributed by atoms with Gasteiger partial charge in [-0.25, -0.2) is 0 Å². The van der Waals surface area contributed by atoms with E-state index in [0.29, 0.717) is 19.5 Å². The van der Waals surface area contributed by atoms with Crippen molar-refractivity contribution in [1.82, 2.24) is 4.90 Å². The minimum atomic E-state index is 0.0825. The van der Waals surface area contributed by atoms with Crippen LogP contribution >= 0.6 is 11.8 Å². The molecule has 1 aromatic carbocycles. The quantitative estimate of drug-likeness (QED) is 0.475. The van der Waals surface area contributed by atoms with Crippen LogP contribution in [0.5, 0.6) is 0 Å². The molecule has 0 radical (unpaired) electrons. The molecule has 0 unspecified atom stereocenters. The number of carbonyl (C=O) groups is 1. The number of thioether (sulfide) groups is 1. The summed E-state index contributed by atoms with van der Waals surface area (Å²) in [6.45, 7) is 14.1. The SMILES string of the molecule is C#CCN(C/C=C/c1ccccc1SC(C)(C)C(C)(C)C)C(=O)CC. The molecule has 0 aromatic heterocycles. The summed E-state index contributed by atoms with van der Waals surface area (Å²) in [5.41, 5.74) is 1.36. The molecule has 25 heavy (non-hydrogen) atoms. The van der Waals surface area contributed by atoms with Gasteiger partial charge in [0.15, 0.2) is 0 Å². The summed E-state index contributed by atoms with van der Waals surface area (Å²) < 4.78 is 0.102. The molecule has 0 aliphatic rings. The fourth-order valence-electron chi connectivity index (χ4n) is 2.03. The number of amides is 1. The van der Waals surface area contributed by atoms with E-state index in [1.54, 1.807) is 4.90 Å². The summed E-state index contributed by atoms with van der Waals surface area (Å²) in [5.74, 6) is 2.64. The van der Waals surface area contributed by atoms with Gasteiger partial charge < -0.3 is 4.90 Å². The smallest absolute Gasteiger partial charge is 0.223 e. The summed E-state index contributed by atoms with van der Waals surface area (Å²) in [5, 5.41) is 0. The molecule has 0 saturated carbocycles. The van der Waals surface area contributed by atoms with Crippen molar-refractivity contribution in [3.63, 3.8) is 0 Å². The third-order valence-electron chi connectivity index (χ3n) is 4.65. The average molecular weight is 358 g/mol. The van der Waals surface area contributed by atoms with E-state index in [-0.39, 0.29) is 16.1 Å². The van der Waals surface area contributed by atoms with E-state index in [9.17, 15) is 4.79 Å². The topological polar surface area (TPSA) is 20.3 Å². The van der Waals surface area contributed by atoms with Crippen LogP contribution in [0.15, 0.2) is 35.2 Å². The first kappa shape index (κ1) is 21.4. The van der Waals surface area contributed by atoms with Crippen LogP contribution in [0, 0.1) is 17.8 Å². The minimum Gasteiger partial charge on any atom is -0.328 e. The normalized spacial score (nSPS) is 12.2. The molecule has 0 fully saturated rings. The van der Waals surface area contributed by atoms with E-state index in [1.165, 1.54) is 10.5 Å². The summed E-state index contributed by atoms with van der Waals surface area (Å²) in [6, 6.07) is 8.40. The minimum absolute atomic E-state index is 0.0825. The fraction of sp³-hybridized carbons (Fsp3) is 0.500. The Labute approximate surface area is 158 Å². The standard InChI is InChI=1S/C22H31NOS/c1-8-16-23(20(24)9-2)17-12-14-18-13-10-11-15-19(18)25-22(6,7)21(3,4)5/h1,10-15H,9,16-17H2,2-7H3/b14-12+. The van der Waals surface area contributed by atoms with Crippen LogP contribution < -0.4 is 0 Å². The van der Waals surface area contributed by atoms with Crippen molar-refractivity contribution >= 4 is 23.7 Å². The van der Waals surface area contributed by atoms with E-state index in [2.05, 4.69) is 64.8 Å². The van der Waals surface area contributed by atoms with Crippen molar-refractivity contribution < 1.29 is 4.79 Å². The predicted octanol–water partition coefficient (Wildman–Crippen LogP) is 5.49. The predicted molar refractivity (Wildman–Crippen MR) is 111 cm³/mol. The van der Waals surface area contributed by atoms with Gasteiger partial charge in [0.05, 0.1) is 6.54 Å². The Morgan fingerprint density at radius 1 is 1.24 bits per heavy atom. The van der Waals surface area contributed by atoms with Crippen molar-refractivity contribution in [2.75, 3.05) is 13.1 Å². The second kappa shape index (κ2) is 9.15. The van der Waals surface area contributed by atoms with Crippen LogP contribution in [0.3, 0.4) is 0 Å². The number of nitrogens with zero attached hydrogens (tertiary/aromatic N) is 1. The number of benzene rings is 1. The highest BCUT2D eigenvalue weighted by atomic mass is 32.2. The molecule has 0 heterocycles. The number of hydrogen-bond donors (Lipinski definition) is 0. The summed E-state index contributed by atoms with van der Waals surface area (Å²) in [6.07, 6.45) is 9.95. The zero-order chi connectivity index (χ0) is 19.1. The summed E-state index contributed by atoms with van der Waals surface area (Å²) in [4.78, 5) is 14.9. The fourth-order valence-corrected chi connectivity index (χ4v) is 3.29. The lowest BCUT2D eigenvalue weighted by molar-refractivity contribution is -0.129. The Balaban J connectivity index is 2.93. The highest BCUT2D eigenvalue weighted by molar-refractivity contribution is 8.00. The molecule has 0 spiro atoms. The first-order valence-electron chi connectivity index (χ1n) is 8.78. The molecule has 3 heteroatoms. The van der Waals surface area contributed by atoms with Gasteiger partial charge in [-0.1, -0.05) is 64.0 Å². The molecule has 1 rings (SSSR count). The molecule has 2 nitrogen and oxygen atoms in total. The Hall–Kier alpha value is -1.66.